The number of benzene rings is 4. The second kappa shape index (κ2) is 33.9. The Bertz CT molecular complexity index is 3320. The molecule has 0 radical (unpaired) electrons. The van der Waals surface area contributed by atoms with Gasteiger partial charge in [-0.3, -0.25) is 28.8 Å². The molecule has 3 amide bonds. The smallest absolute Gasteiger partial charge is 0.312 e. The third-order valence-corrected chi connectivity index (χ3v) is 14.7. The lowest BCUT2D eigenvalue weighted by Gasteiger charge is -2.19. The number of rotatable bonds is 39. The average molecular weight is 1290 g/mol. The maximum Gasteiger partial charge on any atom is 0.312 e. The molecule has 27 heteroatoms. The molecule has 0 aliphatic heterocycles. The van der Waals surface area contributed by atoms with Crippen LogP contribution in [0, 0.1) is 0 Å². The Balaban J connectivity index is 1.14. The van der Waals surface area contributed by atoms with E-state index in [2.05, 4.69) is 30.9 Å². The van der Waals surface area contributed by atoms with Crippen molar-refractivity contribution in [1.29, 1.82) is 0 Å². The van der Waals surface area contributed by atoms with Crippen LogP contribution in [0.3, 0.4) is 0 Å². The molecule has 0 aliphatic rings. The highest BCUT2D eigenvalue weighted by Gasteiger charge is 2.29. The molecule has 0 spiro atoms. The third-order valence-electron chi connectivity index (χ3n) is 14.7. The number of pyridine rings is 3. The van der Waals surface area contributed by atoms with E-state index in [4.69, 9.17) is 56.8 Å². The van der Waals surface area contributed by atoms with E-state index in [1.807, 2.05) is 0 Å². The highest BCUT2D eigenvalue weighted by atomic mass is 16.5. The largest absolute Gasteiger partial charge is 0.496 e. The monoisotopic (exact) mass is 1280 g/mol. The molecule has 3 heterocycles. The number of aliphatic carboxylic acids is 3. The number of carbonyl (C=O) groups is 6. The van der Waals surface area contributed by atoms with Crippen LogP contribution in [0.15, 0.2) is 91.0 Å². The Morgan fingerprint density at radius 2 is 0.602 bits per heavy atom. The maximum atomic E-state index is 13.0. The van der Waals surface area contributed by atoms with Gasteiger partial charge in [-0.25, -0.2) is 15.0 Å². The van der Waals surface area contributed by atoms with E-state index in [1.165, 1.54) is 64.0 Å². The molecule has 93 heavy (non-hydrogen) atoms. The number of nitrogens with one attached hydrogen (secondary N) is 3. The van der Waals surface area contributed by atoms with Gasteiger partial charge >= 0.3 is 17.9 Å². The number of carbonyl (C=O) groups excluding carboxylic acids is 3. The van der Waals surface area contributed by atoms with Crippen molar-refractivity contribution < 1.29 is 101 Å². The van der Waals surface area contributed by atoms with E-state index >= 15 is 0 Å². The standard InChI is InChI=1S/C66H72N6O21/c1-82-43-25-52(85-4)61(53(26-43)86-5)40-19-49(70-58(22-40)67-34-73)46(64(76)77)10-13-91-31-37-16-38(32-92-14-11-47(65(78)79)50-20-41(23-59(71-50)68-35-74)62-54(87-6)27-44(83-2)28-55(62)88-7)18-39(17-37)33-93-15-12-48(66(80)81)51-21-42(24-60(72-51)69-36-75)63-56(89-8)29-45(84-3)30-57(63)90-9/h16-30,34-36,46-48H,10-15,31-33H2,1-9H3,(H,76,77)(H,78,79)(H,80,81)(H,67,70,73)(H,68,71,74)(H,69,72,75). The molecule has 0 fully saturated rings. The summed E-state index contributed by atoms with van der Waals surface area (Å²) in [5, 5.41) is 39.4. The predicted molar refractivity (Wildman–Crippen MR) is 337 cm³/mol. The van der Waals surface area contributed by atoms with Crippen LogP contribution in [0.4, 0.5) is 17.5 Å². The van der Waals surface area contributed by atoms with Gasteiger partial charge in [-0.2, -0.15) is 0 Å². The van der Waals surface area contributed by atoms with Crippen LogP contribution in [-0.2, 0) is 62.8 Å². The van der Waals surface area contributed by atoms with Gasteiger partial charge < -0.3 is 88.1 Å². The molecule has 0 aliphatic carbocycles. The van der Waals surface area contributed by atoms with E-state index in [0.717, 1.165) is 0 Å². The van der Waals surface area contributed by atoms with Gasteiger partial charge in [0.1, 0.15) is 87.0 Å². The first-order chi connectivity index (χ1) is 45.0. The molecular weight excluding hydrogens is 1210 g/mol. The number of amides is 3. The number of aromatic nitrogens is 3. The second-order valence-corrected chi connectivity index (χ2v) is 20.4. The Kier molecular flexibility index (Phi) is 25.4. The fourth-order valence-electron chi connectivity index (χ4n) is 10.4. The van der Waals surface area contributed by atoms with Gasteiger partial charge in [0.15, 0.2) is 0 Å². The highest BCUT2D eigenvalue weighted by molar-refractivity contribution is 5.87. The van der Waals surface area contributed by atoms with Crippen LogP contribution in [0.25, 0.3) is 33.4 Å². The quantitative estimate of drug-likeness (QED) is 0.0154. The predicted octanol–water partition coefficient (Wildman–Crippen LogP) is 8.98. The normalized spacial score (nSPS) is 11.8. The Labute approximate surface area is 535 Å². The molecule has 27 nitrogen and oxygen atoms in total. The van der Waals surface area contributed by atoms with Crippen LogP contribution >= 0.6 is 0 Å². The number of carboxylic acid groups (broad SMARTS) is 3. The number of hydrogen-bond donors (Lipinski definition) is 6. The van der Waals surface area contributed by atoms with Crippen molar-refractivity contribution in [3.05, 3.63) is 125 Å². The van der Waals surface area contributed by atoms with Gasteiger partial charge in [0.25, 0.3) is 0 Å². The summed E-state index contributed by atoms with van der Waals surface area (Å²) in [6, 6.07) is 24.5. The van der Waals surface area contributed by atoms with Crippen molar-refractivity contribution in [3.63, 3.8) is 0 Å². The minimum Gasteiger partial charge on any atom is -0.496 e. The van der Waals surface area contributed by atoms with Crippen LogP contribution in [0.5, 0.6) is 51.7 Å². The van der Waals surface area contributed by atoms with E-state index in [-0.39, 0.29) is 93.4 Å². The summed E-state index contributed by atoms with van der Waals surface area (Å²) in [5.74, 6) is -3.83. The molecule has 0 saturated carbocycles. The Hall–Kier alpha value is -10.8. The van der Waals surface area contributed by atoms with Crippen molar-refractivity contribution in [2.45, 2.75) is 56.8 Å². The van der Waals surface area contributed by atoms with Gasteiger partial charge in [-0.1, -0.05) is 18.2 Å². The highest BCUT2D eigenvalue weighted by Crippen LogP contribution is 2.46. The van der Waals surface area contributed by atoms with Crippen LogP contribution in [0.1, 0.15) is 70.8 Å². The van der Waals surface area contributed by atoms with Crippen LogP contribution in [-0.4, -0.2) is 151 Å². The average Bonchev–Trinajstić information content (AvgIpc) is 0.821. The lowest BCUT2D eigenvalue weighted by molar-refractivity contribution is -0.140. The molecule has 0 bridgehead atoms. The van der Waals surface area contributed by atoms with E-state index in [0.29, 0.717) is 121 Å². The molecule has 0 saturated heterocycles. The summed E-state index contributed by atoms with van der Waals surface area (Å²) in [6.45, 7) is -0.429. The van der Waals surface area contributed by atoms with Crippen molar-refractivity contribution in [2.75, 3.05) is 99.8 Å². The minimum atomic E-state index is -1.24. The Morgan fingerprint density at radius 3 is 0.796 bits per heavy atom. The van der Waals surface area contributed by atoms with Gasteiger partial charge in [0, 0.05) is 56.2 Å². The number of nitrogens with zero attached hydrogens (tertiary/aromatic N) is 3. The number of ether oxygens (including phenoxy) is 12. The number of methoxy groups -OCH3 is 9. The molecule has 6 N–H and O–H groups in total. The number of hydrogen-bond acceptors (Lipinski definition) is 21. The maximum absolute atomic E-state index is 13.0. The molecular formula is C66H72N6O21. The van der Waals surface area contributed by atoms with E-state index < -0.39 is 35.7 Å². The zero-order chi connectivity index (χ0) is 67.1. The van der Waals surface area contributed by atoms with Gasteiger partial charge in [0.2, 0.25) is 19.2 Å². The van der Waals surface area contributed by atoms with Crippen molar-refractivity contribution >= 4 is 54.6 Å². The lowest BCUT2D eigenvalue weighted by Crippen LogP contribution is -2.17. The first-order valence-corrected chi connectivity index (χ1v) is 28.6. The van der Waals surface area contributed by atoms with Crippen LogP contribution in [0.2, 0.25) is 0 Å². The van der Waals surface area contributed by atoms with Crippen molar-refractivity contribution in [3.8, 4) is 85.1 Å². The topological polar surface area (TPSA) is 349 Å². The van der Waals surface area contributed by atoms with Gasteiger partial charge in [0.05, 0.1) is 118 Å². The molecule has 4 aromatic carbocycles. The SMILES string of the molecule is COc1cc(OC)c(-c2cc(NC=O)nc(C(CCOCc3cc(COCCC(C(=O)O)c4cc(-c5c(OC)cc(OC)cc5OC)cc(NC=O)n4)cc(COCCC(C(=O)O)c4cc(-c5c(OC)cc(OC)cc5OC)cc(NC=O)n4)c3)C(=O)O)c2)c(OC)c1. The molecule has 3 atom stereocenters. The fourth-order valence-corrected chi connectivity index (χ4v) is 10.4. The summed E-state index contributed by atoms with van der Waals surface area (Å²) < 4.78 is 68.8. The minimum absolute atomic E-state index is 0.0487. The first-order valence-electron chi connectivity index (χ1n) is 28.6. The van der Waals surface area contributed by atoms with E-state index in [1.54, 1.807) is 91.0 Å². The van der Waals surface area contributed by atoms with Gasteiger partial charge in [-0.05, 0) is 89.0 Å². The summed E-state index contributed by atoms with van der Waals surface area (Å²) in [5.41, 5.74) is 4.72. The van der Waals surface area contributed by atoms with Crippen molar-refractivity contribution in [1.82, 2.24) is 15.0 Å². The van der Waals surface area contributed by atoms with Crippen LogP contribution < -0.4 is 58.6 Å². The van der Waals surface area contributed by atoms with E-state index in [9.17, 15) is 44.1 Å². The lowest BCUT2D eigenvalue weighted by atomic mass is 9.96. The zero-order valence-corrected chi connectivity index (χ0v) is 52.5. The molecule has 7 rings (SSSR count). The molecule has 3 unspecified atom stereocenters. The summed E-state index contributed by atoms with van der Waals surface area (Å²) in [6.07, 6.45) is 1.03. The summed E-state index contributed by atoms with van der Waals surface area (Å²) >= 11 is 0. The first kappa shape index (κ1) is 69.7. The fraction of sp³-hybridized carbons (Fsp3) is 0.318. The summed E-state index contributed by atoms with van der Waals surface area (Å²) in [7, 11) is 13.2. The summed E-state index contributed by atoms with van der Waals surface area (Å²) in [4.78, 5) is 87.6. The number of carboxylic acids is 3. The zero-order valence-electron chi connectivity index (χ0n) is 52.5. The molecule has 3 aromatic heterocycles. The number of anilines is 3. The second-order valence-electron chi connectivity index (χ2n) is 20.4. The molecule has 7 aromatic rings. The van der Waals surface area contributed by atoms with Gasteiger partial charge in [-0.15, -0.1) is 0 Å². The molecule has 492 valence electrons. The van der Waals surface area contributed by atoms with Crippen molar-refractivity contribution in [2.24, 2.45) is 0 Å². The third kappa shape index (κ3) is 17.8. The Morgan fingerprint density at radius 1 is 0.366 bits per heavy atom.